The third-order valence-corrected chi connectivity index (χ3v) is 9.54. The summed E-state index contributed by atoms with van der Waals surface area (Å²) in [6.45, 7) is 6.65. The molecular weight excluding hydrogens is 473 g/mol. The number of hydrogen-bond acceptors (Lipinski definition) is 4. The molecule has 0 unspecified atom stereocenters. The molecule has 5 atom stereocenters. The van der Waals surface area contributed by atoms with Gasteiger partial charge in [0.1, 0.15) is 0 Å². The second-order valence-corrected chi connectivity index (χ2v) is 12.7. The molecule has 0 bridgehead atoms. The molecule has 2 aromatic rings. The van der Waals surface area contributed by atoms with E-state index < -0.39 is 13.2 Å². The van der Waals surface area contributed by atoms with Crippen molar-refractivity contribution in [2.24, 2.45) is 17.8 Å². The number of anilines is 1. The summed E-state index contributed by atoms with van der Waals surface area (Å²) >= 11 is 3.43. The zero-order chi connectivity index (χ0) is 22.8. The van der Waals surface area contributed by atoms with E-state index >= 15 is 0 Å². The summed E-state index contributed by atoms with van der Waals surface area (Å²) in [6, 6.07) is 14.9. The summed E-state index contributed by atoms with van der Waals surface area (Å²) in [5.74, 6) is 0.0832. The van der Waals surface area contributed by atoms with Gasteiger partial charge in [0.2, 0.25) is 0 Å². The molecule has 0 aromatic heterocycles. The van der Waals surface area contributed by atoms with E-state index in [4.69, 9.17) is 4.52 Å². The summed E-state index contributed by atoms with van der Waals surface area (Å²) in [6.07, 6.45) is 2.97. The van der Waals surface area contributed by atoms with Gasteiger partial charge in [-0.05, 0) is 72.6 Å². The molecule has 1 aliphatic rings. The molecule has 0 heterocycles. The molecule has 0 spiro atoms. The summed E-state index contributed by atoms with van der Waals surface area (Å²) in [7, 11) is 0.341. The van der Waals surface area contributed by atoms with Crippen LogP contribution in [0.15, 0.2) is 53.0 Å². The first-order valence-electron chi connectivity index (χ1n) is 11.1. The minimum atomic E-state index is -3.60. The number of halogens is 1. The van der Waals surface area contributed by atoms with E-state index in [1.54, 1.807) is 0 Å². The van der Waals surface area contributed by atoms with Crippen LogP contribution in [0, 0.1) is 17.8 Å². The average molecular weight is 508 g/mol. The Morgan fingerprint density at radius 1 is 1.06 bits per heavy atom. The van der Waals surface area contributed by atoms with Crippen molar-refractivity contribution in [3.8, 4) is 0 Å². The van der Waals surface area contributed by atoms with Crippen LogP contribution >= 0.6 is 23.3 Å². The molecule has 3 rings (SSSR count). The molecule has 6 heteroatoms. The third kappa shape index (κ3) is 5.63. The largest absolute Gasteiger partial charge is 0.378 e. The van der Waals surface area contributed by atoms with Gasteiger partial charge in [0.05, 0.1) is 6.10 Å². The van der Waals surface area contributed by atoms with Gasteiger partial charge < -0.3 is 14.5 Å². The van der Waals surface area contributed by atoms with Crippen LogP contribution in [0.25, 0.3) is 0 Å². The van der Waals surface area contributed by atoms with E-state index in [1.807, 2.05) is 67.5 Å². The SMILES string of the molecule is CC(C)[C@H]1CC[C@@H](C)C[C@H]1O[P@](=O)(c1ccc(N(C)C)cc1)[C@@H](O)c1ccc(Br)cc1. The number of aliphatic hydroxyl groups excluding tert-OH is 1. The Labute approximate surface area is 195 Å². The molecule has 1 saturated carbocycles. The van der Waals surface area contributed by atoms with Crippen molar-refractivity contribution in [1.29, 1.82) is 0 Å². The molecule has 31 heavy (non-hydrogen) atoms. The van der Waals surface area contributed by atoms with Gasteiger partial charge in [0.25, 0.3) is 7.37 Å². The lowest BCUT2D eigenvalue weighted by Gasteiger charge is -2.40. The van der Waals surface area contributed by atoms with E-state index in [0.29, 0.717) is 28.6 Å². The van der Waals surface area contributed by atoms with Gasteiger partial charge in [-0.2, -0.15) is 0 Å². The first-order valence-corrected chi connectivity index (χ1v) is 13.6. The van der Waals surface area contributed by atoms with E-state index in [9.17, 15) is 9.67 Å². The second kappa shape index (κ2) is 10.2. The number of benzene rings is 2. The minimum Gasteiger partial charge on any atom is -0.378 e. The van der Waals surface area contributed by atoms with Crippen LogP contribution in [0.1, 0.15) is 51.4 Å². The maximum atomic E-state index is 14.5. The lowest BCUT2D eigenvalue weighted by atomic mass is 9.75. The highest BCUT2D eigenvalue weighted by Crippen LogP contribution is 2.60. The smallest absolute Gasteiger partial charge is 0.264 e. The molecule has 0 amide bonds. The van der Waals surface area contributed by atoms with Crippen LogP contribution in [0.4, 0.5) is 5.69 Å². The highest BCUT2D eigenvalue weighted by molar-refractivity contribution is 9.10. The predicted molar refractivity (Wildman–Crippen MR) is 133 cm³/mol. The van der Waals surface area contributed by atoms with Crippen LogP contribution in [-0.2, 0) is 9.09 Å². The summed E-state index contributed by atoms with van der Waals surface area (Å²) in [5, 5.41) is 11.9. The van der Waals surface area contributed by atoms with Crippen molar-refractivity contribution in [1.82, 2.24) is 0 Å². The third-order valence-electron chi connectivity index (χ3n) is 6.47. The highest BCUT2D eigenvalue weighted by Gasteiger charge is 2.42. The fourth-order valence-corrected chi connectivity index (χ4v) is 7.04. The van der Waals surface area contributed by atoms with E-state index in [2.05, 4.69) is 36.7 Å². The minimum absolute atomic E-state index is 0.131. The first kappa shape index (κ1) is 24.5. The Morgan fingerprint density at radius 3 is 2.23 bits per heavy atom. The molecule has 4 nitrogen and oxygen atoms in total. The summed E-state index contributed by atoms with van der Waals surface area (Å²) in [5.41, 5.74) is 1.62. The maximum absolute atomic E-state index is 14.5. The van der Waals surface area contributed by atoms with Crippen molar-refractivity contribution in [3.05, 3.63) is 58.6 Å². The normalized spacial score (nSPS) is 24.6. The van der Waals surface area contributed by atoms with Crippen molar-refractivity contribution in [2.75, 3.05) is 19.0 Å². The molecule has 1 N–H and O–H groups in total. The van der Waals surface area contributed by atoms with Gasteiger partial charge in [-0.25, -0.2) is 0 Å². The van der Waals surface area contributed by atoms with Gasteiger partial charge in [-0.15, -0.1) is 0 Å². The Bertz CT molecular complexity index is 898. The van der Waals surface area contributed by atoms with Crippen molar-refractivity contribution in [3.63, 3.8) is 0 Å². The molecule has 2 aromatic carbocycles. The molecule has 0 saturated heterocycles. The number of hydrogen-bond donors (Lipinski definition) is 1. The number of rotatable bonds is 7. The first-order chi connectivity index (χ1) is 14.6. The predicted octanol–water partition coefficient (Wildman–Crippen LogP) is 6.59. The van der Waals surface area contributed by atoms with Gasteiger partial charge in [-0.1, -0.05) is 55.3 Å². The number of nitrogens with zero attached hydrogens (tertiary/aromatic N) is 1. The molecule has 0 radical (unpaired) electrons. The summed E-state index contributed by atoms with van der Waals surface area (Å²) in [4.78, 5) is 2.00. The van der Waals surface area contributed by atoms with Crippen molar-refractivity contribution < 1.29 is 14.2 Å². The van der Waals surface area contributed by atoms with Crippen molar-refractivity contribution >= 4 is 34.3 Å². The Hall–Kier alpha value is -1.13. The Balaban J connectivity index is 2.02. The Morgan fingerprint density at radius 2 is 1.68 bits per heavy atom. The molecule has 170 valence electrons. The highest BCUT2D eigenvalue weighted by atomic mass is 79.9. The van der Waals surface area contributed by atoms with Crippen LogP contribution in [0.2, 0.25) is 0 Å². The lowest BCUT2D eigenvalue weighted by molar-refractivity contribution is 0.0427. The topological polar surface area (TPSA) is 49.8 Å². The van der Waals surface area contributed by atoms with Gasteiger partial charge >= 0.3 is 0 Å². The van der Waals surface area contributed by atoms with Crippen LogP contribution < -0.4 is 10.2 Å². The second-order valence-electron chi connectivity index (χ2n) is 9.40. The van der Waals surface area contributed by atoms with Gasteiger partial charge in [0, 0.05) is 29.6 Å². The zero-order valence-corrected chi connectivity index (χ0v) is 21.6. The fourth-order valence-electron chi connectivity index (χ4n) is 4.49. The molecular formula is C25H35BrNO3P. The zero-order valence-electron chi connectivity index (χ0n) is 19.2. The Kier molecular flexibility index (Phi) is 8.07. The summed E-state index contributed by atoms with van der Waals surface area (Å²) < 4.78 is 22.0. The lowest BCUT2D eigenvalue weighted by Crippen LogP contribution is -2.35. The average Bonchev–Trinajstić information content (AvgIpc) is 2.73. The monoisotopic (exact) mass is 507 g/mol. The maximum Gasteiger partial charge on any atom is 0.264 e. The van der Waals surface area contributed by atoms with Crippen LogP contribution in [0.5, 0.6) is 0 Å². The van der Waals surface area contributed by atoms with Crippen LogP contribution in [0.3, 0.4) is 0 Å². The van der Waals surface area contributed by atoms with Crippen LogP contribution in [-0.4, -0.2) is 25.3 Å². The van der Waals surface area contributed by atoms with Gasteiger partial charge in [0.15, 0.2) is 5.85 Å². The fraction of sp³-hybridized carbons (Fsp3) is 0.520. The standard InChI is InChI=1S/C25H35BrNO3P/c1-17(2)23-15-6-18(3)16-24(23)30-31(29,22-13-11-21(12-14-22)27(4)5)25(28)19-7-9-20(26)10-8-19/h7-14,17-18,23-25,28H,6,15-16H2,1-5H3/t18-,23-,24-,25-,31-/m1/s1. The number of aliphatic hydroxyl groups is 1. The van der Waals surface area contributed by atoms with E-state index in [1.165, 1.54) is 6.42 Å². The molecule has 1 aliphatic carbocycles. The van der Waals surface area contributed by atoms with E-state index in [-0.39, 0.29) is 6.10 Å². The quantitative estimate of drug-likeness (QED) is 0.429. The van der Waals surface area contributed by atoms with Gasteiger partial charge in [-0.3, -0.25) is 4.57 Å². The molecule has 1 fully saturated rings. The van der Waals surface area contributed by atoms with E-state index in [0.717, 1.165) is 23.0 Å². The van der Waals surface area contributed by atoms with Crippen molar-refractivity contribution in [2.45, 2.75) is 52.0 Å². The molecule has 0 aliphatic heterocycles.